The quantitative estimate of drug-likeness (QED) is 0.0703. The molecule has 2 aliphatic rings. The van der Waals surface area contributed by atoms with Crippen LogP contribution in [0.4, 0.5) is 74.2 Å². The Morgan fingerprint density at radius 2 is 0.874 bits per heavy atom. The van der Waals surface area contributed by atoms with Gasteiger partial charge in [-0.25, -0.2) is 39.1 Å². The van der Waals surface area contributed by atoms with Gasteiger partial charge in [0.1, 0.15) is 11.5 Å². The van der Waals surface area contributed by atoms with Gasteiger partial charge in [0.25, 0.3) is 0 Å². The fourth-order valence-electron chi connectivity index (χ4n) is 11.0. The predicted molar refractivity (Wildman–Crippen MR) is 315 cm³/mol. The van der Waals surface area contributed by atoms with E-state index in [9.17, 15) is 77.0 Å². The Morgan fingerprint density at radius 3 is 1.19 bits per heavy atom. The molecule has 20 nitrogen and oxygen atoms in total. The highest BCUT2D eigenvalue weighted by Crippen LogP contribution is 2.40. The molecule has 0 unspecified atom stereocenters. The van der Waals surface area contributed by atoms with Gasteiger partial charge in [-0.1, -0.05) is 26.0 Å². The molecule has 10 rings (SSSR count). The number of carboxylic acid groups (broad SMARTS) is 1. The van der Waals surface area contributed by atoms with E-state index in [1.54, 1.807) is 48.2 Å². The molecule has 2 aliphatic heterocycles. The van der Waals surface area contributed by atoms with Crippen LogP contribution in [0.25, 0.3) is 22.3 Å². The smallest absolute Gasteiger partial charge is 0.416 e. The molecule has 0 saturated carbocycles. The van der Waals surface area contributed by atoms with Crippen molar-refractivity contribution in [2.45, 2.75) is 101 Å². The second-order valence-electron chi connectivity index (χ2n) is 22.2. The molecule has 0 aliphatic carbocycles. The van der Waals surface area contributed by atoms with Gasteiger partial charge in [0, 0.05) is 112 Å². The van der Waals surface area contributed by atoms with Crippen LogP contribution < -0.4 is 19.3 Å². The van der Waals surface area contributed by atoms with E-state index >= 15 is 0 Å². The zero-order valence-corrected chi connectivity index (χ0v) is 50.9. The lowest BCUT2D eigenvalue weighted by molar-refractivity contribution is -0.144. The van der Waals surface area contributed by atoms with Crippen molar-refractivity contribution in [1.29, 1.82) is 0 Å². The van der Waals surface area contributed by atoms with Gasteiger partial charge in [0.15, 0.2) is 0 Å². The lowest BCUT2D eigenvalue weighted by Gasteiger charge is -2.29. The number of ether oxygens (including phenoxy) is 3. The van der Waals surface area contributed by atoms with Crippen LogP contribution in [0.2, 0.25) is 0 Å². The Bertz CT molecular complexity index is 3990. The van der Waals surface area contributed by atoms with Crippen LogP contribution in [0.1, 0.15) is 93.6 Å². The standard InChI is InChI=1S/C32H30F6N6O4.C31H28F6N6O4/c1-4-25-12-26(18-44(25)30(46)48-27-7-5-6-20(10-27)28(45)47-3)43(29-39-13-21(14-40-29)22-15-41-42(2)17-22)16-19-8-23(31(33,34)35)11-24(9-19)32(36,37)38;1-3-24-11-25(17-43(24)29(46)47-26-6-4-5-19(9-26)27(44)45)42(28-38-12-20(13-39-28)21-14-40-41(2)16-21)15-18-7-22(30(32,33)34)10-23(8-18)31(35,36)37/h5-11,13-15,17,25-26H,4,12,16,18H2,1-3H3;4-10,12-14,16,24-25H,3,11,15,17H2,1-2H3,(H,44,45)/t25-,26+;24-,25+/m11/s1. The molecule has 4 aromatic carbocycles. The Hall–Kier alpha value is -10.3. The molecule has 1 N–H and O–H groups in total. The number of nitrogens with zero attached hydrogens (tertiary/aromatic N) is 12. The summed E-state index contributed by atoms with van der Waals surface area (Å²) in [4.78, 5) is 73.4. The predicted octanol–water partition coefficient (Wildman–Crippen LogP) is 13.4. The number of amides is 2. The summed E-state index contributed by atoms with van der Waals surface area (Å²) in [5, 5.41) is 17.5. The number of hydrogen-bond acceptors (Lipinski definition) is 15. The van der Waals surface area contributed by atoms with Crippen LogP contribution in [0, 0.1) is 0 Å². The normalized spacial score (nSPS) is 16.6. The van der Waals surface area contributed by atoms with Crippen molar-refractivity contribution in [2.75, 3.05) is 30.0 Å². The number of carbonyl (C=O) groups is 4. The first-order chi connectivity index (χ1) is 44.8. The summed E-state index contributed by atoms with van der Waals surface area (Å²) in [6.07, 6.45) is -7.74. The minimum Gasteiger partial charge on any atom is -0.478 e. The lowest BCUT2D eigenvalue weighted by Crippen LogP contribution is -2.41. The van der Waals surface area contributed by atoms with E-state index in [4.69, 9.17) is 14.2 Å². The first-order valence-corrected chi connectivity index (χ1v) is 29.0. The first kappa shape index (κ1) is 69.1. The lowest BCUT2D eigenvalue weighted by atomic mass is 10.0. The molecular weight excluding hydrogens is 1280 g/mol. The number of carbonyl (C=O) groups excluding carboxylic acids is 3. The summed E-state index contributed by atoms with van der Waals surface area (Å²) >= 11 is 0. The van der Waals surface area contributed by atoms with Crippen LogP contribution in [0.15, 0.2) is 135 Å². The van der Waals surface area contributed by atoms with Crippen molar-refractivity contribution in [2.24, 2.45) is 14.1 Å². The number of rotatable bonds is 16. The van der Waals surface area contributed by atoms with E-state index < -0.39 is 108 Å². The van der Waals surface area contributed by atoms with Crippen LogP contribution in [-0.2, 0) is 56.6 Å². The maximum Gasteiger partial charge on any atom is 0.416 e. The number of alkyl halides is 12. The van der Waals surface area contributed by atoms with Crippen molar-refractivity contribution in [3.8, 4) is 33.8 Å². The number of carboxylic acids is 1. The summed E-state index contributed by atoms with van der Waals surface area (Å²) in [5.74, 6) is -1.72. The van der Waals surface area contributed by atoms with E-state index in [0.717, 1.165) is 0 Å². The molecule has 2 fully saturated rings. The van der Waals surface area contributed by atoms with E-state index in [-0.39, 0.29) is 83.7 Å². The molecule has 502 valence electrons. The molecule has 95 heavy (non-hydrogen) atoms. The Labute approximate surface area is 533 Å². The van der Waals surface area contributed by atoms with Gasteiger partial charge in [-0.3, -0.25) is 9.36 Å². The Kier molecular flexibility index (Phi) is 20.4. The van der Waals surface area contributed by atoms with Gasteiger partial charge in [-0.05, 0) is 110 Å². The van der Waals surface area contributed by atoms with Crippen molar-refractivity contribution in [3.05, 3.63) is 179 Å². The number of aromatic nitrogens is 8. The summed E-state index contributed by atoms with van der Waals surface area (Å²) < 4.78 is 183. The average molecular weight is 1340 g/mol. The van der Waals surface area contributed by atoms with E-state index in [1.807, 2.05) is 13.8 Å². The van der Waals surface area contributed by atoms with Gasteiger partial charge in [0.2, 0.25) is 11.9 Å². The highest BCUT2D eigenvalue weighted by Gasteiger charge is 2.44. The van der Waals surface area contributed by atoms with Gasteiger partial charge >= 0.3 is 48.8 Å². The largest absolute Gasteiger partial charge is 0.478 e. The van der Waals surface area contributed by atoms with Crippen molar-refractivity contribution >= 4 is 36.0 Å². The molecule has 0 bridgehead atoms. The number of likely N-dealkylation sites (tertiary alicyclic amines) is 2. The second kappa shape index (κ2) is 28.1. The van der Waals surface area contributed by atoms with Crippen LogP contribution in [0.5, 0.6) is 11.5 Å². The summed E-state index contributed by atoms with van der Waals surface area (Å²) in [6, 6.07) is 11.8. The van der Waals surface area contributed by atoms with Crippen molar-refractivity contribution in [1.82, 2.24) is 49.3 Å². The van der Waals surface area contributed by atoms with Gasteiger partial charge in [-0.15, -0.1) is 0 Å². The minimum atomic E-state index is -5.04. The molecule has 8 aromatic rings. The molecule has 2 saturated heterocycles. The summed E-state index contributed by atoms with van der Waals surface area (Å²) in [7, 11) is 4.65. The number of methoxy groups -OCH3 is 1. The van der Waals surface area contributed by atoms with Gasteiger partial charge in [0.05, 0.1) is 65.0 Å². The molecule has 6 heterocycles. The van der Waals surface area contributed by atoms with E-state index in [1.165, 1.54) is 100 Å². The topological polar surface area (TPSA) is 216 Å². The van der Waals surface area contributed by atoms with Crippen LogP contribution in [0.3, 0.4) is 0 Å². The highest BCUT2D eigenvalue weighted by molar-refractivity contribution is 5.90. The summed E-state index contributed by atoms with van der Waals surface area (Å²) in [6.45, 7) is 2.73. The number of benzene rings is 4. The number of halogens is 12. The third-order valence-electron chi connectivity index (χ3n) is 15.7. The maximum atomic E-state index is 13.7. The minimum absolute atomic E-state index is 0.00710. The zero-order valence-electron chi connectivity index (χ0n) is 50.9. The van der Waals surface area contributed by atoms with E-state index in [0.29, 0.717) is 59.4 Å². The fourth-order valence-corrected chi connectivity index (χ4v) is 11.0. The number of anilines is 2. The summed E-state index contributed by atoms with van der Waals surface area (Å²) in [5.41, 5.74) is -3.76. The SMILES string of the molecule is CC[C@@H]1C[C@H](N(Cc2cc(C(F)(F)F)cc(C(F)(F)F)c2)c2ncc(-c3cnn(C)c3)cn2)CN1C(=O)Oc1cccc(C(=O)O)c1.CC[C@@H]1C[C@H](N(Cc2cc(C(F)(F)F)cc(C(F)(F)F)c2)c2ncc(-c3cnn(C)c3)cn2)CN1C(=O)Oc1cccc(C(=O)OC)c1. The van der Waals surface area contributed by atoms with Crippen LogP contribution >= 0.6 is 0 Å². The van der Waals surface area contributed by atoms with Gasteiger partial charge in [-0.2, -0.15) is 62.9 Å². The highest BCUT2D eigenvalue weighted by atomic mass is 19.4. The van der Waals surface area contributed by atoms with Crippen LogP contribution in [-0.4, -0.2) is 123 Å². The van der Waals surface area contributed by atoms with Crippen molar-refractivity contribution < 1.29 is 91.2 Å². The average Bonchev–Trinajstić information content (AvgIpc) is 1.28. The molecule has 0 radical (unpaired) electrons. The number of aryl methyl sites for hydroxylation is 2. The fraction of sp³-hybridized carbons (Fsp3) is 0.333. The Balaban J connectivity index is 0.000000223. The maximum absolute atomic E-state index is 13.7. The number of hydrogen-bond donors (Lipinski definition) is 1. The molecule has 4 atom stereocenters. The molecule has 2 amide bonds. The van der Waals surface area contributed by atoms with Crippen molar-refractivity contribution in [3.63, 3.8) is 0 Å². The third-order valence-corrected chi connectivity index (χ3v) is 15.7. The second-order valence-corrected chi connectivity index (χ2v) is 22.2. The van der Waals surface area contributed by atoms with Gasteiger partial charge < -0.3 is 38.9 Å². The third kappa shape index (κ3) is 16.9. The zero-order chi connectivity index (χ0) is 68.9. The number of esters is 1. The Morgan fingerprint density at radius 1 is 0.516 bits per heavy atom. The molecular formula is C63H58F12N12O8. The molecule has 0 spiro atoms. The van der Waals surface area contributed by atoms with E-state index in [2.05, 4.69) is 30.1 Å². The molecule has 4 aromatic heterocycles. The first-order valence-electron chi connectivity index (χ1n) is 29.0. The number of aromatic carboxylic acids is 1. The molecule has 32 heteroatoms. The monoisotopic (exact) mass is 1340 g/mol.